The van der Waals surface area contributed by atoms with Gasteiger partial charge in [0, 0.05) is 5.41 Å². The molecule has 0 aromatic rings. The molecule has 2 heteroatoms. The van der Waals surface area contributed by atoms with Gasteiger partial charge < -0.3 is 0 Å². The second-order valence-corrected chi connectivity index (χ2v) is 7.88. The van der Waals surface area contributed by atoms with Crippen LogP contribution in [0.15, 0.2) is 0 Å². The van der Waals surface area contributed by atoms with E-state index in [1.54, 1.807) is 0 Å². The van der Waals surface area contributed by atoms with Gasteiger partial charge >= 0.3 is 0 Å². The van der Waals surface area contributed by atoms with Crippen molar-refractivity contribution in [2.75, 3.05) is 17.3 Å². The van der Waals surface area contributed by atoms with Crippen LogP contribution in [0.5, 0.6) is 0 Å². The molecule has 0 heterocycles. The topological polar surface area (TPSA) is 17.1 Å². The first kappa shape index (κ1) is 16.0. The lowest BCUT2D eigenvalue weighted by molar-refractivity contribution is -0.123. The summed E-state index contributed by atoms with van der Waals surface area (Å²) in [6.07, 6.45) is 5.06. The average molecular weight is 245 g/mol. The van der Waals surface area contributed by atoms with Gasteiger partial charge in [-0.05, 0) is 23.7 Å². The Labute approximate surface area is 105 Å². The van der Waals surface area contributed by atoms with Gasteiger partial charge in [-0.1, -0.05) is 47.5 Å². The van der Waals surface area contributed by atoms with E-state index in [1.165, 1.54) is 37.2 Å². The second kappa shape index (κ2) is 8.16. The fraction of sp³-hybridized carbons (Fsp3) is 0.929. The summed E-state index contributed by atoms with van der Waals surface area (Å²) in [5, 5.41) is 0. The van der Waals surface area contributed by atoms with Crippen LogP contribution in [0.25, 0.3) is 0 Å². The highest BCUT2D eigenvalue weighted by molar-refractivity contribution is 7.97. The van der Waals surface area contributed by atoms with E-state index in [-0.39, 0.29) is 5.41 Å². The average Bonchev–Trinajstić information content (AvgIpc) is 2.20. The molecule has 1 nitrogen and oxygen atoms in total. The number of Topliss-reactive ketones (excluding diaryl/α,β-unsaturated/α-hetero) is 1. The third-order valence-corrected chi connectivity index (χ3v) is 5.15. The Kier molecular flexibility index (Phi) is 8.17. The number of hydrogen-bond donors (Lipinski definition) is 0. The number of carbonyl (C=O) groups excluding carboxylic acids is 1. The molecule has 0 bridgehead atoms. The SMILES string of the molecule is CCCC[S+](CCCC)CC(=O)C(C)(C)C. The Morgan fingerprint density at radius 1 is 1.00 bits per heavy atom. The van der Waals surface area contributed by atoms with E-state index in [9.17, 15) is 4.79 Å². The Hall–Kier alpha value is 0.0200. The van der Waals surface area contributed by atoms with Gasteiger partial charge in [0.1, 0.15) is 11.5 Å². The van der Waals surface area contributed by atoms with Gasteiger partial charge in [-0.3, -0.25) is 4.79 Å². The molecule has 0 aromatic carbocycles. The van der Waals surface area contributed by atoms with Crippen LogP contribution in [0.4, 0.5) is 0 Å². The molecule has 0 aliphatic carbocycles. The molecular weight excluding hydrogens is 216 g/mol. The van der Waals surface area contributed by atoms with Gasteiger partial charge in [-0.2, -0.15) is 0 Å². The lowest BCUT2D eigenvalue weighted by atomic mass is 9.92. The predicted molar refractivity (Wildman–Crippen MR) is 76.2 cm³/mol. The molecule has 16 heavy (non-hydrogen) atoms. The van der Waals surface area contributed by atoms with Crippen LogP contribution >= 0.6 is 0 Å². The third kappa shape index (κ3) is 7.32. The Morgan fingerprint density at radius 3 is 1.75 bits per heavy atom. The number of carbonyl (C=O) groups is 1. The van der Waals surface area contributed by atoms with Crippen LogP contribution in [0.3, 0.4) is 0 Å². The molecule has 0 aromatic heterocycles. The van der Waals surface area contributed by atoms with E-state index in [1.807, 2.05) is 20.8 Å². The summed E-state index contributed by atoms with van der Waals surface area (Å²) in [6, 6.07) is 0. The predicted octanol–water partition coefficient (Wildman–Crippen LogP) is 3.82. The molecule has 0 spiro atoms. The van der Waals surface area contributed by atoms with Crippen molar-refractivity contribution < 1.29 is 4.79 Å². The highest BCUT2D eigenvalue weighted by Gasteiger charge is 2.29. The molecule has 0 fully saturated rings. The molecule has 0 aliphatic rings. The molecule has 0 saturated heterocycles. The van der Waals surface area contributed by atoms with Crippen LogP contribution in [-0.2, 0) is 15.7 Å². The molecule has 0 N–H and O–H groups in total. The number of hydrogen-bond acceptors (Lipinski definition) is 1. The zero-order valence-corrected chi connectivity index (χ0v) is 12.6. The molecular formula is C14H29OS+. The van der Waals surface area contributed by atoms with Crippen molar-refractivity contribution in [3.05, 3.63) is 0 Å². The van der Waals surface area contributed by atoms with E-state index in [4.69, 9.17) is 0 Å². The lowest BCUT2D eigenvalue weighted by Gasteiger charge is -2.17. The van der Waals surface area contributed by atoms with Gasteiger partial charge in [0.2, 0.25) is 0 Å². The Morgan fingerprint density at radius 2 is 1.44 bits per heavy atom. The smallest absolute Gasteiger partial charge is 0.187 e. The van der Waals surface area contributed by atoms with Gasteiger partial charge in [-0.15, -0.1) is 0 Å². The van der Waals surface area contributed by atoms with Crippen molar-refractivity contribution in [2.24, 2.45) is 5.41 Å². The highest BCUT2D eigenvalue weighted by atomic mass is 32.2. The molecule has 0 atom stereocenters. The summed E-state index contributed by atoms with van der Waals surface area (Å²) in [5.41, 5.74) is -0.149. The van der Waals surface area contributed by atoms with Crippen LogP contribution in [0.2, 0.25) is 0 Å². The molecule has 0 aliphatic heterocycles. The summed E-state index contributed by atoms with van der Waals surface area (Å²) in [7, 11) is 0.350. The standard InChI is InChI=1S/C14H29OS/c1-6-8-10-16(11-9-7-2)12-13(15)14(3,4)5/h6-12H2,1-5H3/q+1. The first-order valence-corrected chi connectivity index (χ1v) is 8.32. The first-order valence-electron chi connectivity index (χ1n) is 6.59. The summed E-state index contributed by atoms with van der Waals surface area (Å²) in [6.45, 7) is 10.6. The number of rotatable bonds is 8. The highest BCUT2D eigenvalue weighted by Crippen LogP contribution is 2.17. The zero-order valence-electron chi connectivity index (χ0n) is 11.8. The van der Waals surface area contributed by atoms with E-state index >= 15 is 0 Å². The van der Waals surface area contributed by atoms with Gasteiger partial charge in [0.25, 0.3) is 0 Å². The minimum absolute atomic E-state index is 0.149. The van der Waals surface area contributed by atoms with Crippen molar-refractivity contribution in [3.63, 3.8) is 0 Å². The zero-order chi connectivity index (χ0) is 12.6. The van der Waals surface area contributed by atoms with Crippen molar-refractivity contribution >= 4 is 16.7 Å². The minimum Gasteiger partial charge on any atom is -0.294 e. The van der Waals surface area contributed by atoms with Gasteiger partial charge in [0.05, 0.1) is 0 Å². The fourth-order valence-electron chi connectivity index (χ4n) is 1.35. The third-order valence-electron chi connectivity index (χ3n) is 2.74. The molecule has 0 rings (SSSR count). The molecule has 0 unspecified atom stereocenters. The maximum absolute atomic E-state index is 12.0. The van der Waals surface area contributed by atoms with Crippen molar-refractivity contribution in [2.45, 2.75) is 60.3 Å². The van der Waals surface area contributed by atoms with Crippen LogP contribution in [-0.4, -0.2) is 23.0 Å². The molecule has 0 amide bonds. The van der Waals surface area contributed by atoms with E-state index in [0.29, 0.717) is 16.7 Å². The van der Waals surface area contributed by atoms with E-state index < -0.39 is 0 Å². The Bertz CT molecular complexity index is 185. The van der Waals surface area contributed by atoms with Crippen LogP contribution < -0.4 is 0 Å². The lowest BCUT2D eigenvalue weighted by Crippen LogP contribution is -2.30. The van der Waals surface area contributed by atoms with Gasteiger partial charge in [-0.25, -0.2) is 0 Å². The summed E-state index contributed by atoms with van der Waals surface area (Å²) < 4.78 is 0. The quantitative estimate of drug-likeness (QED) is 0.594. The minimum atomic E-state index is -0.149. The van der Waals surface area contributed by atoms with E-state index in [2.05, 4.69) is 13.8 Å². The largest absolute Gasteiger partial charge is 0.294 e. The molecule has 0 saturated carbocycles. The number of unbranched alkanes of at least 4 members (excludes halogenated alkanes) is 2. The molecule has 0 radical (unpaired) electrons. The summed E-state index contributed by atoms with van der Waals surface area (Å²) >= 11 is 0. The fourth-order valence-corrected chi connectivity index (χ4v) is 4.04. The van der Waals surface area contributed by atoms with Crippen molar-refractivity contribution in [3.8, 4) is 0 Å². The maximum atomic E-state index is 12.0. The summed E-state index contributed by atoms with van der Waals surface area (Å²) in [4.78, 5) is 12.0. The van der Waals surface area contributed by atoms with E-state index in [0.717, 1.165) is 5.75 Å². The second-order valence-electron chi connectivity index (χ2n) is 5.55. The van der Waals surface area contributed by atoms with Crippen LogP contribution in [0, 0.1) is 5.41 Å². The van der Waals surface area contributed by atoms with Crippen molar-refractivity contribution in [1.82, 2.24) is 0 Å². The first-order chi connectivity index (χ1) is 7.41. The monoisotopic (exact) mass is 245 g/mol. The van der Waals surface area contributed by atoms with Crippen LogP contribution in [0.1, 0.15) is 60.3 Å². The normalized spacial score (nSPS) is 12.1. The van der Waals surface area contributed by atoms with Gasteiger partial charge in [0.15, 0.2) is 11.5 Å². The maximum Gasteiger partial charge on any atom is 0.187 e. The Balaban J connectivity index is 4.13. The summed E-state index contributed by atoms with van der Waals surface area (Å²) in [5.74, 6) is 3.79. The molecule has 96 valence electrons. The van der Waals surface area contributed by atoms with Crippen molar-refractivity contribution in [1.29, 1.82) is 0 Å². The number of ketones is 1.